The molecule has 3 aliphatic rings. The monoisotopic (exact) mass is 483 g/mol. The molecule has 4 amide bonds. The minimum absolute atomic E-state index is 0.0292. The number of nitrogens with one attached hydrogen (secondary N) is 1. The average Bonchev–Trinajstić information content (AvgIpc) is 3.54. The lowest BCUT2D eigenvalue weighted by Gasteiger charge is -2.55. The quantitative estimate of drug-likeness (QED) is 0.408. The number of hydrogen-bond acceptors (Lipinski definition) is 6. The summed E-state index contributed by atoms with van der Waals surface area (Å²) in [5.74, 6) is 2.92. The molecule has 3 fully saturated rings. The molecule has 0 aromatic heterocycles. The molecule has 2 heterocycles. The van der Waals surface area contributed by atoms with E-state index in [0.29, 0.717) is 26.0 Å². The smallest absolute Gasteiger partial charge is 0.334 e. The summed E-state index contributed by atoms with van der Waals surface area (Å²) < 4.78 is 5.43. The zero-order valence-corrected chi connectivity index (χ0v) is 20.3. The van der Waals surface area contributed by atoms with Crippen LogP contribution in [0.5, 0.6) is 0 Å². The summed E-state index contributed by atoms with van der Waals surface area (Å²) in [5, 5.41) is 6.23. The van der Waals surface area contributed by atoms with E-state index in [1.165, 1.54) is 0 Å². The molecule has 1 aromatic rings. The molecule has 1 saturated carbocycles. The molecule has 1 spiro atoms. The van der Waals surface area contributed by atoms with Gasteiger partial charge in [0.05, 0.1) is 25.7 Å². The van der Waals surface area contributed by atoms with Crippen molar-refractivity contribution in [1.29, 1.82) is 0 Å². The first-order chi connectivity index (χ1) is 16.5. The minimum atomic E-state index is -0.899. The van der Waals surface area contributed by atoms with E-state index in [1.54, 1.807) is 44.7 Å². The second-order valence-corrected chi connectivity index (χ2v) is 9.54. The third-order valence-electron chi connectivity index (χ3n) is 6.47. The molecule has 34 heavy (non-hydrogen) atoms. The van der Waals surface area contributed by atoms with Gasteiger partial charge >= 0.3 is 6.03 Å². The fourth-order valence-corrected chi connectivity index (χ4v) is 5.50. The predicted octanol–water partition coefficient (Wildman–Crippen LogP) is 0.570. The van der Waals surface area contributed by atoms with Crippen molar-refractivity contribution >= 4 is 29.6 Å². The summed E-state index contributed by atoms with van der Waals surface area (Å²) >= 11 is 1.62. The molecular weight excluding hydrogens is 454 g/mol. The Hall–Kier alpha value is -2.92. The van der Waals surface area contributed by atoms with E-state index in [2.05, 4.69) is 23.4 Å². The van der Waals surface area contributed by atoms with Gasteiger partial charge in [0.2, 0.25) is 11.8 Å². The lowest BCUT2D eigenvalue weighted by molar-refractivity contribution is -0.192. The van der Waals surface area contributed by atoms with Crippen LogP contribution in [0.4, 0.5) is 4.79 Å². The summed E-state index contributed by atoms with van der Waals surface area (Å²) in [4.78, 5) is 43.6. The maximum atomic E-state index is 13.5. The third-order valence-corrected chi connectivity index (χ3v) is 7.11. The topological polar surface area (TPSA) is 85.4 Å². The van der Waals surface area contributed by atoms with Crippen LogP contribution in [0, 0.1) is 24.5 Å². The van der Waals surface area contributed by atoms with Crippen molar-refractivity contribution in [3.8, 4) is 12.3 Å². The zero-order chi connectivity index (χ0) is 24.3. The van der Waals surface area contributed by atoms with Crippen LogP contribution in [0.25, 0.3) is 0 Å². The first kappa shape index (κ1) is 24.2. The predicted molar refractivity (Wildman–Crippen MR) is 127 cm³/mol. The number of piperazine rings is 1. The normalized spacial score (nSPS) is 25.9. The van der Waals surface area contributed by atoms with E-state index < -0.39 is 11.7 Å². The van der Waals surface area contributed by atoms with Crippen molar-refractivity contribution in [3.63, 3.8) is 0 Å². The lowest BCUT2D eigenvalue weighted by atomic mass is 10.0. The molecule has 4 rings (SSSR count). The van der Waals surface area contributed by atoms with Crippen LogP contribution in [-0.2, 0) is 20.9 Å². The molecular formula is C24H29N5O4S. The number of terminal acetylenes is 1. The van der Waals surface area contributed by atoms with Crippen molar-refractivity contribution in [1.82, 2.24) is 25.1 Å². The first-order valence-electron chi connectivity index (χ1n) is 11.2. The third kappa shape index (κ3) is 4.29. The fraction of sp³-hybridized carbons (Fsp3) is 0.542. The van der Waals surface area contributed by atoms with Gasteiger partial charge in [0, 0.05) is 25.6 Å². The van der Waals surface area contributed by atoms with Crippen molar-refractivity contribution in [2.75, 3.05) is 45.4 Å². The molecule has 3 atom stereocenters. The Kier molecular flexibility index (Phi) is 7.22. The van der Waals surface area contributed by atoms with Crippen LogP contribution >= 0.6 is 11.8 Å². The average molecular weight is 484 g/mol. The van der Waals surface area contributed by atoms with E-state index >= 15 is 0 Å². The molecule has 1 aromatic carbocycles. The Morgan fingerprint density at radius 3 is 2.97 bits per heavy atom. The molecule has 1 aliphatic carbocycles. The van der Waals surface area contributed by atoms with Crippen molar-refractivity contribution < 1.29 is 19.1 Å². The van der Waals surface area contributed by atoms with Gasteiger partial charge in [-0.05, 0) is 30.6 Å². The van der Waals surface area contributed by atoms with E-state index in [9.17, 15) is 14.4 Å². The van der Waals surface area contributed by atoms with Gasteiger partial charge in [-0.3, -0.25) is 9.59 Å². The van der Waals surface area contributed by atoms with E-state index in [1.807, 2.05) is 18.4 Å². The van der Waals surface area contributed by atoms with Gasteiger partial charge in [-0.15, -0.1) is 6.42 Å². The highest BCUT2D eigenvalue weighted by molar-refractivity contribution is 7.98. The van der Waals surface area contributed by atoms with Crippen LogP contribution in [0.1, 0.15) is 18.4 Å². The van der Waals surface area contributed by atoms with Crippen LogP contribution in [0.3, 0.4) is 0 Å². The van der Waals surface area contributed by atoms with Crippen molar-refractivity contribution in [3.05, 3.63) is 35.9 Å². The standard InChI is InChI=1S/C24H29N5O4S/c1-4-12-33-13-11-27-20-15-24(20)28(19(22(27)31)10-14-34-3)21(30)17-26(2)29(24)23(32)25-16-18-8-6-5-7-9-18/h1,5-6,8,19-20H,10-17H2,2-3H3,(H,25,32)/t19-,20?,24?/m0/s1. The van der Waals surface area contributed by atoms with Gasteiger partial charge in [0.25, 0.3) is 0 Å². The van der Waals surface area contributed by atoms with Crippen molar-refractivity contribution in [2.45, 2.75) is 37.1 Å². The molecule has 0 bridgehead atoms. The van der Waals surface area contributed by atoms with E-state index in [-0.39, 0.29) is 43.6 Å². The van der Waals surface area contributed by atoms with Gasteiger partial charge in [-0.25, -0.2) is 14.8 Å². The number of amides is 4. The zero-order valence-electron chi connectivity index (χ0n) is 19.5. The number of hydrogen-bond donors (Lipinski definition) is 1. The lowest BCUT2D eigenvalue weighted by Crippen LogP contribution is -2.77. The molecule has 1 N–H and O–H groups in total. The number of thioether (sulfide) groups is 1. The molecule has 10 heteroatoms. The summed E-state index contributed by atoms with van der Waals surface area (Å²) in [6.07, 6.45) is 8.26. The Morgan fingerprint density at radius 2 is 2.26 bits per heavy atom. The van der Waals surface area contributed by atoms with Crippen LogP contribution < -0.4 is 5.32 Å². The van der Waals surface area contributed by atoms with Gasteiger partial charge in [-0.1, -0.05) is 24.1 Å². The number of likely N-dealkylation sites (N-methyl/N-ethyl adjacent to an activating group) is 1. The molecule has 2 saturated heterocycles. The number of nitrogens with zero attached hydrogens (tertiary/aromatic N) is 4. The summed E-state index contributed by atoms with van der Waals surface area (Å²) in [6.45, 7) is 1.14. The number of urea groups is 1. The highest BCUT2D eigenvalue weighted by atomic mass is 32.2. The molecule has 2 aliphatic heterocycles. The molecule has 180 valence electrons. The molecule has 0 radical (unpaired) electrons. The number of ether oxygens (including phenoxy) is 1. The van der Waals surface area contributed by atoms with Gasteiger partial charge in [0.15, 0.2) is 5.66 Å². The SMILES string of the molecule is C#CCOCCN1C(=O)[C@H](CCSC)N2C(=O)CN(C)N(C(=O)NCc3c#cccc3)C23CC13. The summed E-state index contributed by atoms with van der Waals surface area (Å²) in [5.41, 5.74) is -0.0960. The number of carbonyl (C=O) groups excluding carboxylic acids is 3. The highest BCUT2D eigenvalue weighted by Gasteiger charge is 2.75. The first-order valence-corrected chi connectivity index (χ1v) is 12.6. The summed E-state index contributed by atoms with van der Waals surface area (Å²) in [6, 6.07) is 10.1. The minimum Gasteiger partial charge on any atom is -0.367 e. The second kappa shape index (κ2) is 10.1. The second-order valence-electron chi connectivity index (χ2n) is 8.55. The van der Waals surface area contributed by atoms with Crippen LogP contribution in [-0.4, -0.2) is 101 Å². The van der Waals surface area contributed by atoms with Gasteiger partial charge in [-0.2, -0.15) is 11.8 Å². The Labute approximate surface area is 204 Å². The van der Waals surface area contributed by atoms with Crippen molar-refractivity contribution in [2.24, 2.45) is 0 Å². The Morgan fingerprint density at radius 1 is 1.44 bits per heavy atom. The highest BCUT2D eigenvalue weighted by Crippen LogP contribution is 2.55. The number of hydrazine groups is 1. The van der Waals surface area contributed by atoms with E-state index in [0.717, 1.165) is 11.3 Å². The number of carbonyl (C=O) groups is 3. The van der Waals surface area contributed by atoms with Gasteiger partial charge in [0.1, 0.15) is 12.6 Å². The molecule has 2 unspecified atom stereocenters. The Bertz CT molecular complexity index is 970. The Balaban J connectivity index is 1.60. The van der Waals surface area contributed by atoms with Crippen LogP contribution in [0.2, 0.25) is 0 Å². The maximum Gasteiger partial charge on any atom is 0.334 e. The maximum absolute atomic E-state index is 13.5. The largest absolute Gasteiger partial charge is 0.367 e. The fourth-order valence-electron chi connectivity index (χ4n) is 5.04. The van der Waals surface area contributed by atoms with Crippen LogP contribution in [0.15, 0.2) is 18.2 Å². The number of rotatable bonds is 9. The van der Waals surface area contributed by atoms with Gasteiger partial charge < -0.3 is 19.9 Å². The summed E-state index contributed by atoms with van der Waals surface area (Å²) in [7, 11) is 1.73. The van der Waals surface area contributed by atoms with E-state index in [4.69, 9.17) is 11.2 Å². The molecule has 9 nitrogen and oxygen atoms in total.